The molecule has 0 saturated heterocycles. The highest BCUT2D eigenvalue weighted by molar-refractivity contribution is 6.30. The Morgan fingerprint density at radius 3 is 1.36 bits per heavy atom. The Kier molecular flexibility index (Phi) is 3.90. The quantitative estimate of drug-likeness (QED) is 0.501. The zero-order valence-electron chi connectivity index (χ0n) is 11.3. The number of benzene rings is 3. The van der Waals surface area contributed by atoms with Gasteiger partial charge in [-0.3, -0.25) is 0 Å². The molecule has 0 radical (unpaired) electrons. The SMILES string of the molecule is Fc1cc(-c2ccc(-c3ccc(Cl)cc3)cc2)cc(F)c1F. The van der Waals surface area contributed by atoms with Crippen molar-refractivity contribution in [3.05, 3.63) is 83.1 Å². The van der Waals surface area contributed by atoms with Gasteiger partial charge in [0.05, 0.1) is 0 Å². The molecule has 0 unspecified atom stereocenters. The largest absolute Gasteiger partial charge is 0.204 e. The molecule has 0 amide bonds. The summed E-state index contributed by atoms with van der Waals surface area (Å²) < 4.78 is 39.5. The fourth-order valence-corrected chi connectivity index (χ4v) is 2.35. The first-order valence-electron chi connectivity index (χ1n) is 6.55. The maximum atomic E-state index is 13.3. The summed E-state index contributed by atoms with van der Waals surface area (Å²) in [7, 11) is 0. The van der Waals surface area contributed by atoms with Crippen molar-refractivity contribution < 1.29 is 13.2 Å². The summed E-state index contributed by atoms with van der Waals surface area (Å²) in [5.74, 6) is -3.85. The van der Waals surface area contributed by atoms with E-state index in [4.69, 9.17) is 11.6 Å². The summed E-state index contributed by atoms with van der Waals surface area (Å²) >= 11 is 5.85. The Hall–Kier alpha value is -2.26. The maximum Gasteiger partial charge on any atom is 0.194 e. The van der Waals surface area contributed by atoms with Crippen LogP contribution >= 0.6 is 11.6 Å². The lowest BCUT2D eigenvalue weighted by Gasteiger charge is -2.06. The fourth-order valence-electron chi connectivity index (χ4n) is 2.22. The lowest BCUT2D eigenvalue weighted by molar-refractivity contribution is 0.448. The van der Waals surface area contributed by atoms with Crippen LogP contribution in [0.25, 0.3) is 22.3 Å². The molecule has 0 heterocycles. The van der Waals surface area contributed by atoms with Gasteiger partial charge in [0.1, 0.15) is 0 Å². The minimum atomic E-state index is -1.46. The van der Waals surface area contributed by atoms with Crippen molar-refractivity contribution in [1.29, 1.82) is 0 Å². The lowest BCUT2D eigenvalue weighted by atomic mass is 10.00. The first-order chi connectivity index (χ1) is 10.5. The average Bonchev–Trinajstić information content (AvgIpc) is 2.53. The van der Waals surface area contributed by atoms with Gasteiger partial charge in [-0.1, -0.05) is 48.0 Å². The molecule has 0 aliphatic heterocycles. The van der Waals surface area contributed by atoms with Crippen LogP contribution in [0.1, 0.15) is 0 Å². The third kappa shape index (κ3) is 2.85. The van der Waals surface area contributed by atoms with E-state index in [1.165, 1.54) is 0 Å². The molecule has 3 aromatic rings. The van der Waals surface area contributed by atoms with E-state index in [1.54, 1.807) is 24.3 Å². The van der Waals surface area contributed by atoms with Gasteiger partial charge in [-0.05, 0) is 46.5 Å². The van der Waals surface area contributed by atoms with E-state index in [2.05, 4.69) is 0 Å². The first kappa shape index (κ1) is 14.7. The van der Waals surface area contributed by atoms with Gasteiger partial charge < -0.3 is 0 Å². The molecule has 4 heteroatoms. The second-order valence-electron chi connectivity index (χ2n) is 4.84. The predicted octanol–water partition coefficient (Wildman–Crippen LogP) is 6.09. The van der Waals surface area contributed by atoms with Crippen molar-refractivity contribution in [3.63, 3.8) is 0 Å². The molecule has 0 saturated carbocycles. The first-order valence-corrected chi connectivity index (χ1v) is 6.93. The van der Waals surface area contributed by atoms with E-state index in [0.717, 1.165) is 23.3 Å². The standard InChI is InChI=1S/C18H10ClF3/c19-15-7-5-12(6-8-15)11-1-3-13(4-2-11)14-9-16(20)18(22)17(21)10-14/h1-10H. The Morgan fingerprint density at radius 1 is 0.545 bits per heavy atom. The van der Waals surface area contributed by atoms with Gasteiger partial charge in [-0.2, -0.15) is 0 Å². The third-order valence-corrected chi connectivity index (χ3v) is 3.63. The van der Waals surface area contributed by atoms with Gasteiger partial charge in [-0.25, -0.2) is 13.2 Å². The molecule has 0 aliphatic rings. The second kappa shape index (κ2) is 5.85. The van der Waals surface area contributed by atoms with Crippen LogP contribution in [0.5, 0.6) is 0 Å². The predicted molar refractivity (Wildman–Crippen MR) is 82.2 cm³/mol. The number of hydrogen-bond acceptors (Lipinski definition) is 0. The van der Waals surface area contributed by atoms with E-state index in [-0.39, 0.29) is 0 Å². The normalized spacial score (nSPS) is 10.7. The molecule has 22 heavy (non-hydrogen) atoms. The van der Waals surface area contributed by atoms with Crippen LogP contribution in [0.15, 0.2) is 60.7 Å². The highest BCUT2D eigenvalue weighted by Crippen LogP contribution is 2.27. The van der Waals surface area contributed by atoms with E-state index in [0.29, 0.717) is 16.1 Å². The average molecular weight is 319 g/mol. The Balaban J connectivity index is 1.96. The van der Waals surface area contributed by atoms with E-state index >= 15 is 0 Å². The van der Waals surface area contributed by atoms with E-state index < -0.39 is 17.5 Å². The minimum absolute atomic E-state index is 0.291. The zero-order valence-corrected chi connectivity index (χ0v) is 12.0. The fraction of sp³-hybridized carbons (Fsp3) is 0. The molecular formula is C18H10ClF3. The summed E-state index contributed by atoms with van der Waals surface area (Å²) in [6.07, 6.45) is 0. The van der Waals surface area contributed by atoms with Crippen LogP contribution < -0.4 is 0 Å². The molecule has 0 nitrogen and oxygen atoms in total. The van der Waals surface area contributed by atoms with Gasteiger partial charge in [-0.15, -0.1) is 0 Å². The van der Waals surface area contributed by atoms with Crippen molar-refractivity contribution in [3.8, 4) is 22.3 Å². The van der Waals surface area contributed by atoms with Gasteiger partial charge >= 0.3 is 0 Å². The van der Waals surface area contributed by atoms with Gasteiger partial charge in [0.2, 0.25) is 0 Å². The van der Waals surface area contributed by atoms with Crippen molar-refractivity contribution in [2.75, 3.05) is 0 Å². The molecule has 0 aromatic heterocycles. The molecular weight excluding hydrogens is 309 g/mol. The highest BCUT2D eigenvalue weighted by atomic mass is 35.5. The van der Waals surface area contributed by atoms with E-state index in [1.807, 2.05) is 24.3 Å². The van der Waals surface area contributed by atoms with Gasteiger partial charge in [0, 0.05) is 5.02 Å². The van der Waals surface area contributed by atoms with Gasteiger partial charge in [0.15, 0.2) is 17.5 Å². The molecule has 110 valence electrons. The van der Waals surface area contributed by atoms with Crippen molar-refractivity contribution in [2.24, 2.45) is 0 Å². The van der Waals surface area contributed by atoms with Gasteiger partial charge in [0.25, 0.3) is 0 Å². The van der Waals surface area contributed by atoms with Crippen molar-refractivity contribution >= 4 is 11.6 Å². The molecule has 0 aliphatic carbocycles. The Morgan fingerprint density at radius 2 is 0.909 bits per heavy atom. The summed E-state index contributed by atoms with van der Waals surface area (Å²) in [5, 5.41) is 0.651. The number of halogens is 4. The summed E-state index contributed by atoms with van der Waals surface area (Å²) in [6.45, 7) is 0. The zero-order chi connectivity index (χ0) is 15.7. The second-order valence-corrected chi connectivity index (χ2v) is 5.27. The minimum Gasteiger partial charge on any atom is -0.204 e. The topological polar surface area (TPSA) is 0 Å². The molecule has 0 spiro atoms. The van der Waals surface area contributed by atoms with Crippen molar-refractivity contribution in [1.82, 2.24) is 0 Å². The Labute approximate surface area is 130 Å². The van der Waals surface area contributed by atoms with Crippen LogP contribution in [0.3, 0.4) is 0 Å². The third-order valence-electron chi connectivity index (χ3n) is 3.38. The van der Waals surface area contributed by atoms with Crippen LogP contribution in [0, 0.1) is 17.5 Å². The smallest absolute Gasteiger partial charge is 0.194 e. The number of rotatable bonds is 2. The molecule has 3 rings (SSSR count). The highest BCUT2D eigenvalue weighted by Gasteiger charge is 2.11. The molecule has 3 aromatic carbocycles. The van der Waals surface area contributed by atoms with Crippen LogP contribution in [-0.4, -0.2) is 0 Å². The molecule has 0 fully saturated rings. The molecule has 0 atom stereocenters. The summed E-state index contributed by atoms with van der Waals surface area (Å²) in [5.41, 5.74) is 2.82. The van der Waals surface area contributed by atoms with E-state index in [9.17, 15) is 13.2 Å². The lowest BCUT2D eigenvalue weighted by Crippen LogP contribution is -1.91. The van der Waals surface area contributed by atoms with Crippen molar-refractivity contribution in [2.45, 2.75) is 0 Å². The van der Waals surface area contributed by atoms with Crippen LogP contribution in [-0.2, 0) is 0 Å². The van der Waals surface area contributed by atoms with Crippen LogP contribution in [0.4, 0.5) is 13.2 Å². The summed E-state index contributed by atoms with van der Waals surface area (Å²) in [4.78, 5) is 0. The maximum absolute atomic E-state index is 13.3. The van der Waals surface area contributed by atoms with Crippen LogP contribution in [0.2, 0.25) is 5.02 Å². The number of hydrogen-bond donors (Lipinski definition) is 0. The molecule has 0 bridgehead atoms. The summed E-state index contributed by atoms with van der Waals surface area (Å²) in [6, 6.07) is 16.4. The molecule has 0 N–H and O–H groups in total. The monoisotopic (exact) mass is 318 g/mol. The Bertz CT molecular complexity index is 786.